The van der Waals surface area contributed by atoms with Crippen LogP contribution in [0, 0.1) is 0 Å². The highest BCUT2D eigenvalue weighted by molar-refractivity contribution is 5.89. The quantitative estimate of drug-likeness (QED) is 0.773. The molecule has 0 bridgehead atoms. The van der Waals surface area contributed by atoms with Gasteiger partial charge in [-0.3, -0.25) is 9.78 Å². The second-order valence-electron chi connectivity index (χ2n) is 5.38. The summed E-state index contributed by atoms with van der Waals surface area (Å²) in [6.45, 7) is 0. The number of nitrogens with zero attached hydrogens (tertiary/aromatic N) is 2. The van der Waals surface area contributed by atoms with Crippen LogP contribution in [0.25, 0.3) is 22.0 Å². The van der Waals surface area contributed by atoms with Gasteiger partial charge in [0.25, 0.3) is 0 Å². The van der Waals surface area contributed by atoms with Crippen LogP contribution in [0.5, 0.6) is 0 Å². The number of pyridine rings is 1. The van der Waals surface area contributed by atoms with Gasteiger partial charge in [-0.25, -0.2) is 0 Å². The molecule has 0 saturated heterocycles. The topological polar surface area (TPSA) is 81.1 Å². The maximum Gasteiger partial charge on any atom is 0.320 e. The molecule has 1 atom stereocenters. The molecule has 5 nitrogen and oxygen atoms in total. The van der Waals surface area contributed by atoms with E-state index in [1.54, 1.807) is 12.4 Å². The lowest BCUT2D eigenvalue weighted by molar-refractivity contribution is -0.138. The van der Waals surface area contributed by atoms with Gasteiger partial charge in [0.2, 0.25) is 0 Å². The Balaban J connectivity index is 2.08. The predicted octanol–water partition coefficient (Wildman–Crippen LogP) is 2.19. The van der Waals surface area contributed by atoms with Gasteiger partial charge in [-0.1, -0.05) is 6.07 Å². The Morgan fingerprint density at radius 2 is 2.00 bits per heavy atom. The normalized spacial score (nSPS) is 12.5. The lowest BCUT2D eigenvalue weighted by Gasteiger charge is -2.06. The fraction of sp³-hybridized carbons (Fsp3) is 0.176. The standard InChI is InChI=1S/C17H17N3O2/c1-20-10-13(9-15(18)17(21)22)14-8-12(2-3-16(14)20)11-4-6-19-7-5-11/h2-8,10,15H,9,18H2,1H3,(H,21,22). The second kappa shape index (κ2) is 5.61. The summed E-state index contributed by atoms with van der Waals surface area (Å²) in [6.07, 6.45) is 5.77. The molecule has 5 heteroatoms. The van der Waals surface area contributed by atoms with E-state index < -0.39 is 12.0 Å². The third-order valence-corrected chi connectivity index (χ3v) is 3.84. The fourth-order valence-corrected chi connectivity index (χ4v) is 2.68. The third-order valence-electron chi connectivity index (χ3n) is 3.84. The van der Waals surface area contributed by atoms with E-state index in [1.165, 1.54) is 0 Å². The number of hydrogen-bond acceptors (Lipinski definition) is 3. The Bertz CT molecular complexity index is 825. The summed E-state index contributed by atoms with van der Waals surface area (Å²) in [6, 6.07) is 9.18. The third kappa shape index (κ3) is 2.58. The zero-order valence-corrected chi connectivity index (χ0v) is 12.2. The van der Waals surface area contributed by atoms with Crippen molar-refractivity contribution in [3.8, 4) is 11.1 Å². The van der Waals surface area contributed by atoms with Crippen LogP contribution < -0.4 is 5.73 Å². The summed E-state index contributed by atoms with van der Waals surface area (Å²) in [7, 11) is 1.95. The molecule has 0 aliphatic heterocycles. The number of benzene rings is 1. The van der Waals surface area contributed by atoms with Crippen LogP contribution in [0.1, 0.15) is 5.56 Å². The molecular weight excluding hydrogens is 278 g/mol. The van der Waals surface area contributed by atoms with Crippen molar-refractivity contribution in [2.24, 2.45) is 12.8 Å². The minimum atomic E-state index is -0.984. The zero-order valence-electron chi connectivity index (χ0n) is 12.2. The van der Waals surface area contributed by atoms with Crippen molar-refractivity contribution in [3.05, 3.63) is 54.5 Å². The molecule has 0 saturated carbocycles. The first-order valence-corrected chi connectivity index (χ1v) is 7.03. The number of rotatable bonds is 4. The van der Waals surface area contributed by atoms with Gasteiger partial charge in [0.05, 0.1) is 0 Å². The first kappa shape index (κ1) is 14.3. The van der Waals surface area contributed by atoms with Crippen LogP contribution in [-0.2, 0) is 18.3 Å². The van der Waals surface area contributed by atoms with Crippen molar-refractivity contribution < 1.29 is 9.90 Å². The molecule has 0 fully saturated rings. The van der Waals surface area contributed by atoms with Crippen LogP contribution in [0.4, 0.5) is 0 Å². The minimum Gasteiger partial charge on any atom is -0.480 e. The van der Waals surface area contributed by atoms with Crippen LogP contribution in [-0.4, -0.2) is 26.7 Å². The summed E-state index contributed by atoms with van der Waals surface area (Å²) in [5.41, 5.74) is 9.84. The molecular formula is C17H17N3O2. The van der Waals surface area contributed by atoms with Crippen molar-refractivity contribution in [2.45, 2.75) is 12.5 Å². The Hall–Kier alpha value is -2.66. The fourth-order valence-electron chi connectivity index (χ4n) is 2.68. The van der Waals surface area contributed by atoms with Gasteiger partial charge in [-0.2, -0.15) is 0 Å². The van der Waals surface area contributed by atoms with Crippen molar-refractivity contribution in [1.82, 2.24) is 9.55 Å². The summed E-state index contributed by atoms with van der Waals surface area (Å²) in [5.74, 6) is -0.984. The summed E-state index contributed by atoms with van der Waals surface area (Å²) < 4.78 is 2.00. The largest absolute Gasteiger partial charge is 0.480 e. The second-order valence-corrected chi connectivity index (χ2v) is 5.38. The SMILES string of the molecule is Cn1cc(CC(N)C(=O)O)c2cc(-c3ccncc3)ccc21. The summed E-state index contributed by atoms with van der Waals surface area (Å²) >= 11 is 0. The van der Waals surface area contributed by atoms with Crippen LogP contribution >= 0.6 is 0 Å². The highest BCUT2D eigenvalue weighted by Gasteiger charge is 2.16. The average Bonchev–Trinajstić information content (AvgIpc) is 2.84. The molecule has 1 aromatic carbocycles. The molecule has 0 radical (unpaired) electrons. The number of carbonyl (C=O) groups is 1. The molecule has 3 rings (SSSR count). The van der Waals surface area contributed by atoms with E-state index in [0.29, 0.717) is 6.42 Å². The number of aromatic nitrogens is 2. The van der Waals surface area contributed by atoms with Crippen molar-refractivity contribution in [3.63, 3.8) is 0 Å². The highest BCUT2D eigenvalue weighted by Crippen LogP contribution is 2.28. The van der Waals surface area contributed by atoms with Crippen molar-refractivity contribution >= 4 is 16.9 Å². The Labute approximate surface area is 128 Å². The summed E-state index contributed by atoms with van der Waals surface area (Å²) in [4.78, 5) is 15.0. The first-order valence-electron chi connectivity index (χ1n) is 7.03. The maximum atomic E-state index is 11.0. The van der Waals surface area contributed by atoms with Gasteiger partial charge in [-0.15, -0.1) is 0 Å². The molecule has 0 spiro atoms. The number of hydrogen-bond donors (Lipinski definition) is 2. The van der Waals surface area contributed by atoms with Gasteiger partial charge >= 0.3 is 5.97 Å². The van der Waals surface area contributed by atoms with E-state index in [-0.39, 0.29) is 0 Å². The summed E-state index contributed by atoms with van der Waals surface area (Å²) in [5, 5.41) is 10.1. The van der Waals surface area contributed by atoms with Crippen LogP contribution in [0.2, 0.25) is 0 Å². The monoisotopic (exact) mass is 295 g/mol. The molecule has 0 aliphatic carbocycles. The average molecular weight is 295 g/mol. The van der Waals surface area contributed by atoms with Crippen LogP contribution in [0.3, 0.4) is 0 Å². The molecule has 0 amide bonds. The molecule has 3 N–H and O–H groups in total. The molecule has 2 heterocycles. The number of aryl methyl sites for hydroxylation is 1. The first-order chi connectivity index (χ1) is 10.6. The number of aliphatic carboxylic acids is 1. The Morgan fingerprint density at radius 3 is 2.68 bits per heavy atom. The van der Waals surface area contributed by atoms with E-state index in [9.17, 15) is 4.79 Å². The van der Waals surface area contributed by atoms with Crippen molar-refractivity contribution in [2.75, 3.05) is 0 Å². The van der Waals surface area contributed by atoms with Gasteiger partial charge in [0.1, 0.15) is 6.04 Å². The van der Waals surface area contributed by atoms with E-state index in [2.05, 4.69) is 17.1 Å². The van der Waals surface area contributed by atoms with E-state index in [1.807, 2.05) is 36.0 Å². The molecule has 112 valence electrons. The lowest BCUT2D eigenvalue weighted by atomic mass is 10.0. The lowest BCUT2D eigenvalue weighted by Crippen LogP contribution is -2.32. The molecule has 2 aromatic heterocycles. The molecule has 0 aliphatic rings. The van der Waals surface area contributed by atoms with Gasteiger partial charge < -0.3 is 15.4 Å². The van der Waals surface area contributed by atoms with E-state index in [4.69, 9.17) is 10.8 Å². The van der Waals surface area contributed by atoms with Gasteiger partial charge in [0, 0.05) is 43.0 Å². The molecule has 1 unspecified atom stereocenters. The highest BCUT2D eigenvalue weighted by atomic mass is 16.4. The van der Waals surface area contributed by atoms with Gasteiger partial charge in [0.15, 0.2) is 0 Å². The maximum absolute atomic E-state index is 11.0. The van der Waals surface area contributed by atoms with E-state index in [0.717, 1.165) is 27.6 Å². The predicted molar refractivity (Wildman–Crippen MR) is 85.5 cm³/mol. The molecule has 22 heavy (non-hydrogen) atoms. The molecule has 3 aromatic rings. The Kier molecular flexibility index (Phi) is 3.65. The van der Waals surface area contributed by atoms with Gasteiger partial charge in [-0.05, 0) is 41.0 Å². The van der Waals surface area contributed by atoms with E-state index >= 15 is 0 Å². The van der Waals surface area contributed by atoms with Crippen molar-refractivity contribution in [1.29, 1.82) is 0 Å². The number of carboxylic acid groups (broad SMARTS) is 1. The number of carboxylic acids is 1. The zero-order chi connectivity index (χ0) is 15.7. The smallest absolute Gasteiger partial charge is 0.320 e. The Morgan fingerprint density at radius 1 is 1.27 bits per heavy atom. The van der Waals surface area contributed by atoms with Crippen LogP contribution in [0.15, 0.2) is 48.9 Å². The number of nitrogens with two attached hydrogens (primary N) is 1. The minimum absolute atomic E-state index is 0.312. The number of fused-ring (bicyclic) bond motifs is 1.